The van der Waals surface area contributed by atoms with Crippen LogP contribution in [0, 0.1) is 10.1 Å². The van der Waals surface area contributed by atoms with Gasteiger partial charge >= 0.3 is 11.6 Å². The fourth-order valence-electron chi connectivity index (χ4n) is 1.72. The number of hydrogen-bond donors (Lipinski definition) is 2. The Hall–Kier alpha value is -2.38. The molecule has 0 bridgehead atoms. The molecule has 0 aliphatic heterocycles. The summed E-state index contributed by atoms with van der Waals surface area (Å²) >= 11 is 6.02. The fraction of sp³-hybridized carbons (Fsp3) is 0.154. The molecule has 0 radical (unpaired) electrons. The quantitative estimate of drug-likeness (QED) is 0.499. The number of nitrogens with zero attached hydrogens (tertiary/aromatic N) is 2. The lowest BCUT2D eigenvalue weighted by Crippen LogP contribution is -2.09. The largest absolute Gasteiger partial charge is 0.434 e. The molecule has 0 spiro atoms. The van der Waals surface area contributed by atoms with Crippen LogP contribution in [-0.2, 0) is 6.42 Å². The zero-order valence-corrected chi connectivity index (χ0v) is 11.9. The summed E-state index contributed by atoms with van der Waals surface area (Å²) in [6.45, 7) is 1.95. The molecule has 0 fully saturated rings. The first kappa shape index (κ1) is 15.0. The Bertz CT molecular complexity index is 678. The van der Waals surface area contributed by atoms with Gasteiger partial charge in [-0.05, 0) is 36.2 Å². The van der Waals surface area contributed by atoms with Crippen LogP contribution in [0.3, 0.4) is 0 Å². The second kappa shape index (κ2) is 6.38. The van der Waals surface area contributed by atoms with Gasteiger partial charge in [-0.1, -0.05) is 18.5 Å². The molecule has 0 aliphatic rings. The molecule has 1 aromatic heterocycles. The van der Waals surface area contributed by atoms with Gasteiger partial charge in [-0.2, -0.15) is 4.98 Å². The second-order valence-corrected chi connectivity index (χ2v) is 4.54. The molecule has 8 heteroatoms. The van der Waals surface area contributed by atoms with Crippen molar-refractivity contribution in [3.8, 4) is 11.6 Å². The maximum absolute atomic E-state index is 11.0. The molecular weight excluding hydrogens is 296 g/mol. The number of anilines is 1. The number of halogens is 1. The molecular formula is C13H13ClN4O3. The zero-order valence-electron chi connectivity index (χ0n) is 11.2. The van der Waals surface area contributed by atoms with Gasteiger partial charge in [0.1, 0.15) is 11.6 Å². The highest BCUT2D eigenvalue weighted by Gasteiger charge is 2.18. The Balaban J connectivity index is 2.40. The van der Waals surface area contributed by atoms with Crippen LogP contribution < -0.4 is 16.0 Å². The number of nitro groups is 1. The third-order valence-corrected chi connectivity index (χ3v) is 3.17. The van der Waals surface area contributed by atoms with Gasteiger partial charge < -0.3 is 10.2 Å². The van der Waals surface area contributed by atoms with Crippen molar-refractivity contribution in [2.75, 3.05) is 5.43 Å². The number of nitrogen functional groups attached to an aromatic ring is 1. The minimum atomic E-state index is -0.570. The van der Waals surface area contributed by atoms with E-state index >= 15 is 0 Å². The molecule has 2 rings (SSSR count). The third-order valence-electron chi connectivity index (χ3n) is 2.80. The number of aromatic nitrogens is 1. The number of nitrogens with two attached hydrogens (primary N) is 1. The van der Waals surface area contributed by atoms with E-state index in [2.05, 4.69) is 10.4 Å². The monoisotopic (exact) mass is 308 g/mol. The molecule has 1 aromatic carbocycles. The average molecular weight is 309 g/mol. The number of aryl methyl sites for hydroxylation is 1. The van der Waals surface area contributed by atoms with E-state index in [1.807, 2.05) is 6.92 Å². The average Bonchev–Trinajstić information content (AvgIpc) is 2.48. The van der Waals surface area contributed by atoms with Gasteiger partial charge in [0.25, 0.3) is 0 Å². The van der Waals surface area contributed by atoms with E-state index in [4.69, 9.17) is 22.2 Å². The molecule has 1 heterocycles. The highest BCUT2D eigenvalue weighted by Crippen LogP contribution is 2.32. The summed E-state index contributed by atoms with van der Waals surface area (Å²) in [5.41, 5.74) is 2.95. The predicted molar refractivity (Wildman–Crippen MR) is 79.6 cm³/mol. The standard InChI is InChI=1S/C13H13ClN4O3/c1-2-8-7-9(3-4-10(8)14)21-13-11(18(19)20)5-6-12(16-13)17-15/h3-7H,2,15H2,1H3,(H,16,17). The Morgan fingerprint density at radius 2 is 2.19 bits per heavy atom. The lowest BCUT2D eigenvalue weighted by molar-refractivity contribution is -0.386. The summed E-state index contributed by atoms with van der Waals surface area (Å²) in [7, 11) is 0. The van der Waals surface area contributed by atoms with Gasteiger partial charge in [0.2, 0.25) is 0 Å². The Morgan fingerprint density at radius 1 is 1.43 bits per heavy atom. The fourth-order valence-corrected chi connectivity index (χ4v) is 1.98. The zero-order chi connectivity index (χ0) is 15.4. The molecule has 0 unspecified atom stereocenters. The molecule has 110 valence electrons. The summed E-state index contributed by atoms with van der Waals surface area (Å²) < 4.78 is 5.50. The van der Waals surface area contributed by atoms with E-state index in [9.17, 15) is 10.1 Å². The summed E-state index contributed by atoms with van der Waals surface area (Å²) in [5.74, 6) is 5.79. The third kappa shape index (κ3) is 3.39. The SMILES string of the molecule is CCc1cc(Oc2nc(NN)ccc2[N+](=O)[O-])ccc1Cl. The van der Waals surface area contributed by atoms with Crippen LogP contribution in [0.2, 0.25) is 5.02 Å². The van der Waals surface area contributed by atoms with Crippen molar-refractivity contribution in [1.82, 2.24) is 4.98 Å². The normalized spacial score (nSPS) is 10.2. The number of ether oxygens (including phenoxy) is 1. The number of nitrogens with one attached hydrogen (secondary N) is 1. The number of pyridine rings is 1. The van der Waals surface area contributed by atoms with Crippen molar-refractivity contribution < 1.29 is 9.66 Å². The van der Waals surface area contributed by atoms with Gasteiger partial charge in [-0.15, -0.1) is 0 Å². The summed E-state index contributed by atoms with van der Waals surface area (Å²) in [6.07, 6.45) is 0.718. The van der Waals surface area contributed by atoms with E-state index in [0.717, 1.165) is 12.0 Å². The second-order valence-electron chi connectivity index (χ2n) is 4.13. The lowest BCUT2D eigenvalue weighted by atomic mass is 10.1. The first-order valence-corrected chi connectivity index (χ1v) is 6.51. The molecule has 0 saturated heterocycles. The van der Waals surface area contributed by atoms with Crippen LogP contribution >= 0.6 is 11.6 Å². The van der Waals surface area contributed by atoms with E-state index in [-0.39, 0.29) is 17.4 Å². The Labute approximate surface area is 125 Å². The molecule has 21 heavy (non-hydrogen) atoms. The first-order chi connectivity index (χ1) is 10.0. The van der Waals surface area contributed by atoms with Crippen molar-refractivity contribution in [2.24, 2.45) is 5.84 Å². The smallest absolute Gasteiger partial charge is 0.331 e. The van der Waals surface area contributed by atoms with Crippen LogP contribution in [0.25, 0.3) is 0 Å². The van der Waals surface area contributed by atoms with Gasteiger partial charge in [0.05, 0.1) is 4.92 Å². The Morgan fingerprint density at radius 3 is 2.81 bits per heavy atom. The van der Waals surface area contributed by atoms with Gasteiger partial charge in [-0.3, -0.25) is 10.1 Å². The topological polar surface area (TPSA) is 103 Å². The summed E-state index contributed by atoms with van der Waals surface area (Å²) in [6, 6.07) is 7.68. The summed E-state index contributed by atoms with van der Waals surface area (Å²) in [4.78, 5) is 14.4. The number of hydrazine groups is 1. The van der Waals surface area contributed by atoms with Gasteiger partial charge in [0.15, 0.2) is 0 Å². The number of hydrogen-bond acceptors (Lipinski definition) is 6. The molecule has 0 amide bonds. The van der Waals surface area contributed by atoms with Crippen LogP contribution in [0.4, 0.5) is 11.5 Å². The van der Waals surface area contributed by atoms with Crippen LogP contribution in [0.1, 0.15) is 12.5 Å². The predicted octanol–water partition coefficient (Wildman–Crippen LogP) is 3.28. The van der Waals surface area contributed by atoms with Crippen molar-refractivity contribution in [3.05, 3.63) is 51.0 Å². The molecule has 0 atom stereocenters. The highest BCUT2D eigenvalue weighted by atomic mass is 35.5. The van der Waals surface area contributed by atoms with Gasteiger partial charge in [0, 0.05) is 11.1 Å². The van der Waals surface area contributed by atoms with E-state index in [1.54, 1.807) is 18.2 Å². The molecule has 2 aromatic rings. The maximum atomic E-state index is 11.0. The first-order valence-electron chi connectivity index (χ1n) is 6.13. The lowest BCUT2D eigenvalue weighted by Gasteiger charge is -2.09. The highest BCUT2D eigenvalue weighted by molar-refractivity contribution is 6.31. The van der Waals surface area contributed by atoms with Crippen LogP contribution in [-0.4, -0.2) is 9.91 Å². The minimum absolute atomic E-state index is 0.139. The maximum Gasteiger partial charge on any atom is 0.331 e. The number of rotatable bonds is 5. The Kier molecular flexibility index (Phi) is 4.56. The van der Waals surface area contributed by atoms with E-state index in [0.29, 0.717) is 10.8 Å². The van der Waals surface area contributed by atoms with Crippen LogP contribution in [0.5, 0.6) is 11.6 Å². The van der Waals surface area contributed by atoms with Crippen molar-refractivity contribution >= 4 is 23.1 Å². The van der Waals surface area contributed by atoms with Crippen LogP contribution in [0.15, 0.2) is 30.3 Å². The van der Waals surface area contributed by atoms with Crippen molar-refractivity contribution in [1.29, 1.82) is 0 Å². The molecule has 0 aliphatic carbocycles. The molecule has 3 N–H and O–H groups in total. The van der Waals surface area contributed by atoms with Crippen molar-refractivity contribution in [2.45, 2.75) is 13.3 Å². The molecule has 7 nitrogen and oxygen atoms in total. The molecule has 0 saturated carbocycles. The van der Waals surface area contributed by atoms with E-state index in [1.165, 1.54) is 12.1 Å². The van der Waals surface area contributed by atoms with E-state index < -0.39 is 4.92 Å². The summed E-state index contributed by atoms with van der Waals surface area (Å²) in [5, 5.41) is 11.6. The minimum Gasteiger partial charge on any atom is -0.434 e. The van der Waals surface area contributed by atoms with Crippen molar-refractivity contribution in [3.63, 3.8) is 0 Å². The number of benzene rings is 1. The van der Waals surface area contributed by atoms with Gasteiger partial charge in [-0.25, -0.2) is 5.84 Å².